The van der Waals surface area contributed by atoms with Crippen LogP contribution < -0.4 is 0 Å². The maximum atomic E-state index is 12.5. The number of esters is 1. The van der Waals surface area contributed by atoms with Crippen molar-refractivity contribution in [3.63, 3.8) is 0 Å². The average Bonchev–Trinajstić information content (AvgIpc) is 2.81. The Morgan fingerprint density at radius 1 is 1.42 bits per heavy atom. The van der Waals surface area contributed by atoms with Gasteiger partial charge in [-0.1, -0.05) is 6.92 Å². The topological polar surface area (TPSA) is 110 Å². The van der Waals surface area contributed by atoms with Crippen molar-refractivity contribution in [1.82, 2.24) is 4.90 Å². The van der Waals surface area contributed by atoms with Crippen molar-refractivity contribution in [3.8, 4) is 0 Å². The Labute approximate surface area is 155 Å². The molecular weight excluding hydrogens is 360 g/mol. The first kappa shape index (κ1) is 18.4. The zero-order valence-corrected chi connectivity index (χ0v) is 15.1. The quantitative estimate of drug-likeness (QED) is 0.265. The van der Waals surface area contributed by atoms with Crippen LogP contribution in [0.1, 0.15) is 19.4 Å². The van der Waals surface area contributed by atoms with Gasteiger partial charge >= 0.3 is 5.97 Å². The summed E-state index contributed by atoms with van der Waals surface area (Å²) in [5.41, 5.74) is 0.641. The minimum Gasteiger partial charge on any atom is -0.456 e. The van der Waals surface area contributed by atoms with Gasteiger partial charge in [0.2, 0.25) is 5.91 Å². The van der Waals surface area contributed by atoms with Gasteiger partial charge in [0.15, 0.2) is 0 Å². The summed E-state index contributed by atoms with van der Waals surface area (Å²) >= 11 is 4.37. The average molecular weight is 378 g/mol. The van der Waals surface area contributed by atoms with Crippen LogP contribution in [0.15, 0.2) is 34.9 Å². The third-order valence-electron chi connectivity index (χ3n) is 4.85. The molecule has 2 heterocycles. The second-order valence-corrected chi connectivity index (χ2v) is 6.97. The summed E-state index contributed by atoms with van der Waals surface area (Å²) in [5.74, 6) is -1.71. The predicted octanol–water partition coefficient (Wildman–Crippen LogP) is 1.64. The van der Waals surface area contributed by atoms with Crippen molar-refractivity contribution in [2.45, 2.75) is 32.6 Å². The molecule has 0 bridgehead atoms. The van der Waals surface area contributed by atoms with Gasteiger partial charge in [0.25, 0.3) is 5.69 Å². The maximum absolute atomic E-state index is 12.5. The zero-order chi connectivity index (χ0) is 19.2. The molecular formula is C17H18N2O6S. The van der Waals surface area contributed by atoms with E-state index in [4.69, 9.17) is 4.74 Å². The highest BCUT2D eigenvalue weighted by atomic mass is 32.1. The van der Waals surface area contributed by atoms with E-state index in [2.05, 4.69) is 12.6 Å². The van der Waals surface area contributed by atoms with Crippen LogP contribution in [-0.2, 0) is 20.9 Å². The number of benzene rings is 1. The van der Waals surface area contributed by atoms with Crippen LogP contribution in [0.4, 0.5) is 5.69 Å². The van der Waals surface area contributed by atoms with Gasteiger partial charge in [-0.25, -0.2) is 4.79 Å². The summed E-state index contributed by atoms with van der Waals surface area (Å²) < 4.78 is 5.26. The number of nitro groups is 1. The number of amides is 1. The van der Waals surface area contributed by atoms with E-state index >= 15 is 0 Å². The molecule has 1 aromatic rings. The molecule has 0 aliphatic carbocycles. The Hall–Kier alpha value is -2.39. The fourth-order valence-corrected chi connectivity index (χ4v) is 3.80. The van der Waals surface area contributed by atoms with Crippen LogP contribution in [-0.4, -0.2) is 39.0 Å². The minimum atomic E-state index is -0.803. The van der Waals surface area contributed by atoms with Gasteiger partial charge in [0.05, 0.1) is 23.0 Å². The van der Waals surface area contributed by atoms with Crippen molar-refractivity contribution in [2.75, 3.05) is 0 Å². The summed E-state index contributed by atoms with van der Waals surface area (Å²) in [7, 11) is 0. The molecule has 4 atom stereocenters. The number of β-lactam (4-membered cyclic amide) rings is 1. The van der Waals surface area contributed by atoms with Crippen LogP contribution >= 0.6 is 12.6 Å². The van der Waals surface area contributed by atoms with Crippen molar-refractivity contribution >= 4 is 30.2 Å². The SMILES string of the molecule is C[C@H]1C(S)=C(C(=O)OCc2ccc([N+](=O)[O-])cc2)N2C(=O)[C@H]([C@@H](C)O)C12. The summed E-state index contributed by atoms with van der Waals surface area (Å²) in [5, 5.41) is 20.4. The van der Waals surface area contributed by atoms with Gasteiger partial charge < -0.3 is 14.7 Å². The molecule has 1 unspecified atom stereocenters. The number of aliphatic hydroxyl groups is 1. The summed E-state index contributed by atoms with van der Waals surface area (Å²) in [6.45, 7) is 3.32. The van der Waals surface area contributed by atoms with Crippen molar-refractivity contribution in [3.05, 3.63) is 50.5 Å². The molecule has 2 aliphatic rings. The molecule has 8 nitrogen and oxygen atoms in total. The third kappa shape index (κ3) is 2.86. The Balaban J connectivity index is 1.70. The number of hydrogen-bond donors (Lipinski definition) is 2. The molecule has 1 N–H and O–H groups in total. The largest absolute Gasteiger partial charge is 0.456 e. The number of thiol groups is 1. The smallest absolute Gasteiger partial charge is 0.356 e. The predicted molar refractivity (Wildman–Crippen MR) is 93.9 cm³/mol. The van der Waals surface area contributed by atoms with Crippen molar-refractivity contribution in [1.29, 1.82) is 0 Å². The number of carbonyl (C=O) groups is 2. The summed E-state index contributed by atoms with van der Waals surface area (Å²) in [4.78, 5) is 36.7. The van der Waals surface area contributed by atoms with Gasteiger partial charge in [0, 0.05) is 23.0 Å². The minimum absolute atomic E-state index is 0.0526. The molecule has 138 valence electrons. The van der Waals surface area contributed by atoms with Crippen LogP contribution in [0.5, 0.6) is 0 Å². The molecule has 1 fully saturated rings. The van der Waals surface area contributed by atoms with Gasteiger partial charge in [-0.3, -0.25) is 14.9 Å². The first-order chi connectivity index (χ1) is 12.2. The molecule has 0 spiro atoms. The van der Waals surface area contributed by atoms with Crippen LogP contribution in [0.2, 0.25) is 0 Å². The van der Waals surface area contributed by atoms with E-state index < -0.39 is 22.9 Å². The number of hydrogen-bond acceptors (Lipinski definition) is 7. The lowest BCUT2D eigenvalue weighted by Crippen LogP contribution is -2.63. The molecule has 2 aliphatic heterocycles. The number of nitrogens with zero attached hydrogens (tertiary/aromatic N) is 2. The molecule has 1 aromatic carbocycles. The van der Waals surface area contributed by atoms with E-state index in [1.165, 1.54) is 29.2 Å². The molecule has 0 aromatic heterocycles. The van der Waals surface area contributed by atoms with E-state index in [9.17, 15) is 24.8 Å². The highest BCUT2D eigenvalue weighted by molar-refractivity contribution is 7.84. The Morgan fingerprint density at radius 2 is 2.04 bits per heavy atom. The standard InChI is InChI=1S/C17H18N2O6S/c1-8-13-12(9(2)20)16(21)18(13)14(15(8)26)17(22)25-7-10-3-5-11(6-4-10)19(23)24/h3-6,8-9,12-13,20,26H,7H2,1-2H3/t8-,9-,12-,13?/m1/s1. The summed E-state index contributed by atoms with van der Waals surface area (Å²) in [6.07, 6.45) is -0.803. The van der Waals surface area contributed by atoms with E-state index in [-0.39, 0.29) is 35.9 Å². The molecule has 3 rings (SSSR count). The first-order valence-corrected chi connectivity index (χ1v) is 8.53. The summed E-state index contributed by atoms with van der Waals surface area (Å²) in [6, 6.07) is 5.36. The van der Waals surface area contributed by atoms with Gasteiger partial charge in [-0.15, -0.1) is 12.6 Å². The highest BCUT2D eigenvalue weighted by Crippen LogP contribution is 2.48. The van der Waals surface area contributed by atoms with Gasteiger partial charge in [-0.2, -0.15) is 0 Å². The monoisotopic (exact) mass is 378 g/mol. The number of ether oxygens (including phenoxy) is 1. The first-order valence-electron chi connectivity index (χ1n) is 8.08. The molecule has 0 saturated carbocycles. The molecule has 1 saturated heterocycles. The molecule has 26 heavy (non-hydrogen) atoms. The second kappa shape index (κ2) is 6.73. The van der Waals surface area contributed by atoms with Gasteiger partial charge in [-0.05, 0) is 24.6 Å². The lowest BCUT2D eigenvalue weighted by Gasteiger charge is -2.46. The number of non-ortho nitro benzene ring substituents is 1. The molecule has 0 radical (unpaired) electrons. The van der Waals surface area contributed by atoms with E-state index in [0.717, 1.165) is 0 Å². The Bertz CT molecular complexity index is 804. The molecule has 9 heteroatoms. The lowest BCUT2D eigenvalue weighted by atomic mass is 9.79. The fourth-order valence-electron chi connectivity index (χ4n) is 3.45. The van der Waals surface area contributed by atoms with Gasteiger partial charge in [0.1, 0.15) is 12.3 Å². The highest BCUT2D eigenvalue weighted by Gasteiger charge is 2.59. The maximum Gasteiger partial charge on any atom is 0.356 e. The Kier molecular flexibility index (Phi) is 4.76. The number of nitro benzene ring substituents is 1. The normalized spacial score (nSPS) is 25.6. The fraction of sp³-hybridized carbons (Fsp3) is 0.412. The van der Waals surface area contributed by atoms with E-state index in [0.29, 0.717) is 10.5 Å². The van der Waals surface area contributed by atoms with Crippen LogP contribution in [0.3, 0.4) is 0 Å². The second-order valence-electron chi connectivity index (χ2n) is 6.49. The van der Waals surface area contributed by atoms with Crippen LogP contribution in [0.25, 0.3) is 0 Å². The molecule has 1 amide bonds. The number of rotatable bonds is 5. The Morgan fingerprint density at radius 3 is 2.58 bits per heavy atom. The van der Waals surface area contributed by atoms with Crippen LogP contribution in [0, 0.1) is 22.0 Å². The lowest BCUT2D eigenvalue weighted by molar-refractivity contribution is -0.384. The van der Waals surface area contributed by atoms with E-state index in [1.54, 1.807) is 6.92 Å². The number of aliphatic hydroxyl groups excluding tert-OH is 1. The van der Waals surface area contributed by atoms with Crippen molar-refractivity contribution in [2.24, 2.45) is 11.8 Å². The number of carbonyl (C=O) groups excluding carboxylic acids is 2. The van der Waals surface area contributed by atoms with Crippen molar-refractivity contribution < 1.29 is 24.4 Å². The zero-order valence-electron chi connectivity index (χ0n) is 14.2. The third-order valence-corrected chi connectivity index (χ3v) is 5.47. The van der Waals surface area contributed by atoms with E-state index in [1.807, 2.05) is 6.92 Å². The number of fused-ring (bicyclic) bond motifs is 1.